The molecule has 2 rings (SSSR count). The third-order valence-electron chi connectivity index (χ3n) is 3.69. The van der Waals surface area contributed by atoms with Crippen LogP contribution >= 0.6 is 0 Å². The topological polar surface area (TPSA) is 74.0 Å². The fourth-order valence-electron chi connectivity index (χ4n) is 2.29. The lowest BCUT2D eigenvalue weighted by atomic mass is 10.1. The van der Waals surface area contributed by atoms with E-state index in [1.165, 1.54) is 0 Å². The molecule has 2 aromatic rings. The summed E-state index contributed by atoms with van der Waals surface area (Å²) in [5, 5.41) is 7.42. The first-order valence-corrected chi connectivity index (χ1v) is 7.90. The zero-order valence-corrected chi connectivity index (χ0v) is 14.2. The summed E-state index contributed by atoms with van der Waals surface area (Å²) in [6, 6.07) is 1.87. The molecule has 0 aliphatic carbocycles. The van der Waals surface area contributed by atoms with Gasteiger partial charge >= 0.3 is 0 Å². The number of nitrogens with zero attached hydrogens (tertiary/aromatic N) is 4. The van der Waals surface area contributed by atoms with Gasteiger partial charge in [0.1, 0.15) is 5.69 Å². The number of hydrogen-bond donors (Lipinski definition) is 1. The molecule has 0 bridgehead atoms. The molecule has 7 nitrogen and oxygen atoms in total. The second kappa shape index (κ2) is 7.92. The van der Waals surface area contributed by atoms with Gasteiger partial charge < -0.3 is 14.6 Å². The third kappa shape index (κ3) is 4.19. The summed E-state index contributed by atoms with van der Waals surface area (Å²) in [4.78, 5) is 16.6. The Morgan fingerprint density at radius 2 is 2.22 bits per heavy atom. The van der Waals surface area contributed by atoms with Crippen molar-refractivity contribution in [2.24, 2.45) is 0 Å². The number of methoxy groups -OCH3 is 1. The van der Waals surface area contributed by atoms with Crippen LogP contribution in [0.25, 0.3) is 0 Å². The summed E-state index contributed by atoms with van der Waals surface area (Å²) >= 11 is 0. The molecule has 1 amide bonds. The lowest BCUT2D eigenvalue weighted by Gasteiger charge is -2.09. The number of amides is 1. The van der Waals surface area contributed by atoms with Crippen molar-refractivity contribution >= 4 is 5.91 Å². The van der Waals surface area contributed by atoms with E-state index in [2.05, 4.69) is 29.2 Å². The van der Waals surface area contributed by atoms with Gasteiger partial charge in [-0.2, -0.15) is 5.10 Å². The Kier molecular flexibility index (Phi) is 5.92. The van der Waals surface area contributed by atoms with Crippen molar-refractivity contribution in [3.8, 4) is 0 Å². The molecule has 0 fully saturated rings. The van der Waals surface area contributed by atoms with Crippen LogP contribution in [-0.4, -0.2) is 39.0 Å². The van der Waals surface area contributed by atoms with E-state index >= 15 is 0 Å². The predicted octanol–water partition coefficient (Wildman–Crippen LogP) is 1.80. The molecule has 7 heteroatoms. The van der Waals surface area contributed by atoms with Crippen LogP contribution in [0.3, 0.4) is 0 Å². The van der Waals surface area contributed by atoms with Crippen molar-refractivity contribution in [1.82, 2.24) is 24.6 Å². The number of aryl methyl sites for hydroxylation is 1. The molecule has 126 valence electrons. The minimum Gasteiger partial charge on any atom is -0.383 e. The van der Waals surface area contributed by atoms with E-state index in [4.69, 9.17) is 4.74 Å². The zero-order chi connectivity index (χ0) is 16.8. The van der Waals surface area contributed by atoms with E-state index in [1.807, 2.05) is 17.6 Å². The molecule has 0 unspecified atom stereocenters. The Balaban J connectivity index is 2.04. The summed E-state index contributed by atoms with van der Waals surface area (Å²) in [6.45, 7) is 8.53. The number of aromatic nitrogens is 4. The van der Waals surface area contributed by atoms with Crippen molar-refractivity contribution in [3.05, 3.63) is 35.7 Å². The number of hydrogen-bond acceptors (Lipinski definition) is 4. The van der Waals surface area contributed by atoms with E-state index in [-0.39, 0.29) is 5.91 Å². The average Bonchev–Trinajstić information content (AvgIpc) is 3.16. The number of carbonyl (C=O) groups excluding carboxylic acids is 1. The monoisotopic (exact) mass is 319 g/mol. The largest absolute Gasteiger partial charge is 0.383 e. The van der Waals surface area contributed by atoms with Gasteiger partial charge in [-0.15, -0.1) is 0 Å². The van der Waals surface area contributed by atoms with E-state index in [9.17, 15) is 4.79 Å². The molecule has 2 heterocycles. The smallest absolute Gasteiger partial charge is 0.269 e. The molecule has 0 saturated carbocycles. The number of ether oxygens (including phenoxy) is 1. The molecule has 0 aliphatic rings. The minimum absolute atomic E-state index is 0.120. The molecule has 0 saturated heterocycles. The summed E-state index contributed by atoms with van der Waals surface area (Å²) in [7, 11) is 1.66. The Hall–Kier alpha value is -2.15. The predicted molar refractivity (Wildman–Crippen MR) is 87.3 cm³/mol. The standard InChI is InChI=1S/C16H25N5O2/c1-5-21-15(8-14(19-21)12(2)3)16(22)18-10-13-9-17-11-20(13)6-7-23-4/h8-9,11-12H,5-7,10H2,1-4H3,(H,18,22). The highest BCUT2D eigenvalue weighted by Crippen LogP contribution is 2.14. The van der Waals surface area contributed by atoms with Crippen molar-refractivity contribution in [2.75, 3.05) is 13.7 Å². The van der Waals surface area contributed by atoms with Gasteiger partial charge in [0, 0.05) is 26.4 Å². The highest BCUT2D eigenvalue weighted by atomic mass is 16.5. The highest BCUT2D eigenvalue weighted by molar-refractivity contribution is 5.92. The van der Waals surface area contributed by atoms with E-state index in [1.54, 1.807) is 24.3 Å². The quantitative estimate of drug-likeness (QED) is 0.805. The summed E-state index contributed by atoms with van der Waals surface area (Å²) in [5.74, 6) is 0.176. The Morgan fingerprint density at radius 3 is 2.87 bits per heavy atom. The van der Waals surface area contributed by atoms with Crippen molar-refractivity contribution < 1.29 is 9.53 Å². The van der Waals surface area contributed by atoms with Gasteiger partial charge in [0.25, 0.3) is 5.91 Å². The van der Waals surface area contributed by atoms with Crippen molar-refractivity contribution in [2.45, 2.75) is 46.3 Å². The SMILES string of the molecule is CCn1nc(C(C)C)cc1C(=O)NCc1cncn1CCOC. The number of carbonyl (C=O) groups is 1. The number of imidazole rings is 1. The molecule has 0 aromatic carbocycles. The fourth-order valence-corrected chi connectivity index (χ4v) is 2.29. The molecular formula is C16H25N5O2. The molecule has 2 aromatic heterocycles. The molecule has 23 heavy (non-hydrogen) atoms. The first-order valence-electron chi connectivity index (χ1n) is 7.90. The van der Waals surface area contributed by atoms with Crippen molar-refractivity contribution in [1.29, 1.82) is 0 Å². The van der Waals surface area contributed by atoms with Gasteiger partial charge in [0.05, 0.1) is 30.9 Å². The Bertz CT molecular complexity index is 645. The van der Waals surface area contributed by atoms with Crippen LogP contribution in [-0.2, 0) is 24.4 Å². The lowest BCUT2D eigenvalue weighted by molar-refractivity contribution is 0.0939. The van der Waals surface area contributed by atoms with E-state index in [0.717, 1.165) is 11.4 Å². The lowest BCUT2D eigenvalue weighted by Crippen LogP contribution is -2.26. The highest BCUT2D eigenvalue weighted by Gasteiger charge is 2.16. The first-order chi connectivity index (χ1) is 11.1. The molecule has 0 atom stereocenters. The molecule has 0 spiro atoms. The van der Waals surface area contributed by atoms with Crippen LogP contribution in [0.15, 0.2) is 18.6 Å². The van der Waals surface area contributed by atoms with Gasteiger partial charge in [-0.25, -0.2) is 4.98 Å². The molecule has 0 aliphatic heterocycles. The van der Waals surface area contributed by atoms with Gasteiger partial charge in [-0.1, -0.05) is 13.8 Å². The first kappa shape index (κ1) is 17.2. The van der Waals surface area contributed by atoms with Crippen LogP contribution in [0.4, 0.5) is 0 Å². The van der Waals surface area contributed by atoms with Gasteiger partial charge in [0.2, 0.25) is 0 Å². The van der Waals surface area contributed by atoms with Crippen LogP contribution in [0.2, 0.25) is 0 Å². The number of nitrogens with one attached hydrogen (secondary N) is 1. The van der Waals surface area contributed by atoms with E-state index in [0.29, 0.717) is 37.9 Å². The van der Waals surface area contributed by atoms with Crippen LogP contribution in [0.1, 0.15) is 48.6 Å². The average molecular weight is 319 g/mol. The minimum atomic E-state index is -0.120. The fraction of sp³-hybridized carbons (Fsp3) is 0.562. The second-order valence-corrected chi connectivity index (χ2v) is 5.68. The number of rotatable bonds is 8. The normalized spacial score (nSPS) is 11.2. The van der Waals surface area contributed by atoms with Gasteiger partial charge in [-0.3, -0.25) is 9.48 Å². The summed E-state index contributed by atoms with van der Waals surface area (Å²) in [5.41, 5.74) is 2.48. The van der Waals surface area contributed by atoms with E-state index < -0.39 is 0 Å². The van der Waals surface area contributed by atoms with Crippen LogP contribution in [0, 0.1) is 0 Å². The maximum absolute atomic E-state index is 12.5. The third-order valence-corrected chi connectivity index (χ3v) is 3.69. The van der Waals surface area contributed by atoms with Gasteiger partial charge in [0.15, 0.2) is 0 Å². The zero-order valence-electron chi connectivity index (χ0n) is 14.2. The van der Waals surface area contributed by atoms with Crippen LogP contribution < -0.4 is 5.32 Å². The summed E-state index contributed by atoms with van der Waals surface area (Å²) < 4.78 is 8.79. The molecule has 0 radical (unpaired) electrons. The second-order valence-electron chi connectivity index (χ2n) is 5.68. The van der Waals surface area contributed by atoms with Gasteiger partial charge in [-0.05, 0) is 18.9 Å². The maximum atomic E-state index is 12.5. The Labute approximate surface area is 136 Å². The summed E-state index contributed by atoms with van der Waals surface area (Å²) in [6.07, 6.45) is 3.50. The molecule has 1 N–H and O–H groups in total. The van der Waals surface area contributed by atoms with Crippen LogP contribution in [0.5, 0.6) is 0 Å². The Morgan fingerprint density at radius 1 is 1.43 bits per heavy atom. The van der Waals surface area contributed by atoms with Crippen molar-refractivity contribution in [3.63, 3.8) is 0 Å². The molecular weight excluding hydrogens is 294 g/mol. The maximum Gasteiger partial charge on any atom is 0.269 e.